The van der Waals surface area contributed by atoms with Gasteiger partial charge in [-0.15, -0.1) is 11.3 Å². The summed E-state index contributed by atoms with van der Waals surface area (Å²) in [6, 6.07) is 8.29. The Morgan fingerprint density at radius 2 is 2.12 bits per heavy atom. The van der Waals surface area contributed by atoms with E-state index in [1.165, 1.54) is 9.71 Å². The molecule has 0 aliphatic heterocycles. The Morgan fingerprint density at radius 3 is 2.75 bits per heavy atom. The zero-order chi connectivity index (χ0) is 11.6. The second kappa shape index (κ2) is 4.52. The van der Waals surface area contributed by atoms with Gasteiger partial charge in [0.25, 0.3) is 0 Å². The molecule has 0 saturated heterocycles. The first kappa shape index (κ1) is 11.6. The number of fused-ring (bicyclic) bond motifs is 1. The molecule has 3 heteroatoms. The van der Waals surface area contributed by atoms with E-state index in [0.717, 1.165) is 24.9 Å². The van der Waals surface area contributed by atoms with Crippen molar-refractivity contribution in [1.82, 2.24) is 4.98 Å². The van der Waals surface area contributed by atoms with E-state index < -0.39 is 0 Å². The van der Waals surface area contributed by atoms with Gasteiger partial charge >= 0.3 is 0 Å². The summed E-state index contributed by atoms with van der Waals surface area (Å²) in [5.74, 6) is 0. The van der Waals surface area contributed by atoms with Gasteiger partial charge in [0, 0.05) is 6.42 Å². The van der Waals surface area contributed by atoms with Crippen LogP contribution < -0.4 is 5.73 Å². The molecule has 0 radical (unpaired) electrons. The average Bonchev–Trinajstić information content (AvgIpc) is 2.70. The lowest BCUT2D eigenvalue weighted by molar-refractivity contribution is 0.320. The maximum absolute atomic E-state index is 5.84. The summed E-state index contributed by atoms with van der Waals surface area (Å²) < 4.78 is 1.27. The zero-order valence-corrected chi connectivity index (χ0v) is 10.7. The minimum atomic E-state index is 0.188. The molecule has 0 aliphatic carbocycles. The second-order valence-electron chi connectivity index (χ2n) is 4.62. The number of nitrogens with two attached hydrogens (primary N) is 1. The minimum absolute atomic E-state index is 0.188. The van der Waals surface area contributed by atoms with E-state index in [0.29, 0.717) is 0 Å². The summed E-state index contributed by atoms with van der Waals surface area (Å²) in [4.78, 5) is 4.66. The highest BCUT2D eigenvalue weighted by molar-refractivity contribution is 7.18. The molecule has 0 saturated carbocycles. The SMILES string of the molecule is CCC(C)(CN)Cc1nc2ccccc2s1. The highest BCUT2D eigenvalue weighted by atomic mass is 32.1. The Kier molecular flexibility index (Phi) is 3.26. The molecule has 16 heavy (non-hydrogen) atoms. The van der Waals surface area contributed by atoms with Crippen molar-refractivity contribution in [3.63, 3.8) is 0 Å². The normalized spacial score (nSPS) is 15.2. The molecule has 1 aromatic carbocycles. The molecule has 1 aromatic heterocycles. The van der Waals surface area contributed by atoms with Gasteiger partial charge in [-0.3, -0.25) is 0 Å². The van der Waals surface area contributed by atoms with Crippen molar-refractivity contribution in [3.05, 3.63) is 29.3 Å². The van der Waals surface area contributed by atoms with Crippen LogP contribution in [0.4, 0.5) is 0 Å². The van der Waals surface area contributed by atoms with Gasteiger partial charge in [-0.25, -0.2) is 4.98 Å². The fourth-order valence-corrected chi connectivity index (χ4v) is 2.89. The highest BCUT2D eigenvalue weighted by Crippen LogP contribution is 2.29. The maximum atomic E-state index is 5.84. The maximum Gasteiger partial charge on any atom is 0.0944 e. The van der Waals surface area contributed by atoms with Crippen molar-refractivity contribution < 1.29 is 0 Å². The van der Waals surface area contributed by atoms with E-state index in [4.69, 9.17) is 5.73 Å². The molecule has 2 rings (SSSR count). The molecule has 0 bridgehead atoms. The third-order valence-corrected chi connectivity index (χ3v) is 4.30. The Morgan fingerprint density at radius 1 is 1.38 bits per heavy atom. The number of aromatic nitrogens is 1. The van der Waals surface area contributed by atoms with Crippen molar-refractivity contribution in [2.45, 2.75) is 26.7 Å². The monoisotopic (exact) mass is 234 g/mol. The van der Waals surface area contributed by atoms with E-state index in [-0.39, 0.29) is 5.41 Å². The van der Waals surface area contributed by atoms with Crippen LogP contribution in [0.15, 0.2) is 24.3 Å². The molecular formula is C13H18N2S. The van der Waals surface area contributed by atoms with Crippen LogP contribution in [0.2, 0.25) is 0 Å². The third kappa shape index (κ3) is 2.25. The molecule has 1 unspecified atom stereocenters. The standard InChI is InChI=1S/C13H18N2S/c1-3-13(2,9-14)8-12-15-10-6-4-5-7-11(10)16-12/h4-7H,3,8-9,14H2,1-2H3. The number of nitrogens with zero attached hydrogens (tertiary/aromatic N) is 1. The highest BCUT2D eigenvalue weighted by Gasteiger charge is 2.22. The summed E-state index contributed by atoms with van der Waals surface area (Å²) >= 11 is 1.79. The van der Waals surface area contributed by atoms with Crippen LogP contribution in [-0.2, 0) is 6.42 Å². The fourth-order valence-electron chi connectivity index (χ4n) is 1.70. The number of thiazole rings is 1. The van der Waals surface area contributed by atoms with Crippen LogP contribution in [0.5, 0.6) is 0 Å². The van der Waals surface area contributed by atoms with Crippen LogP contribution in [0.3, 0.4) is 0 Å². The van der Waals surface area contributed by atoms with E-state index in [1.54, 1.807) is 11.3 Å². The first-order chi connectivity index (χ1) is 7.67. The summed E-state index contributed by atoms with van der Waals surface area (Å²) in [5.41, 5.74) is 7.13. The topological polar surface area (TPSA) is 38.9 Å². The van der Waals surface area contributed by atoms with Crippen molar-refractivity contribution in [2.24, 2.45) is 11.1 Å². The van der Waals surface area contributed by atoms with Gasteiger partial charge in [-0.1, -0.05) is 26.0 Å². The third-order valence-electron chi connectivity index (χ3n) is 3.26. The number of para-hydroxylation sites is 1. The van der Waals surface area contributed by atoms with Gasteiger partial charge in [-0.05, 0) is 30.5 Å². The first-order valence-electron chi connectivity index (χ1n) is 5.71. The number of hydrogen-bond donors (Lipinski definition) is 1. The molecule has 86 valence electrons. The van der Waals surface area contributed by atoms with Gasteiger partial charge in [0.05, 0.1) is 15.2 Å². The molecule has 0 aliphatic rings. The lowest BCUT2D eigenvalue weighted by Gasteiger charge is -2.24. The zero-order valence-electron chi connectivity index (χ0n) is 9.86. The van der Waals surface area contributed by atoms with E-state index >= 15 is 0 Å². The molecule has 2 nitrogen and oxygen atoms in total. The van der Waals surface area contributed by atoms with Crippen molar-refractivity contribution in [3.8, 4) is 0 Å². The molecule has 0 spiro atoms. The molecule has 0 fully saturated rings. The number of rotatable bonds is 4. The van der Waals surface area contributed by atoms with Gasteiger partial charge in [-0.2, -0.15) is 0 Å². The van der Waals surface area contributed by atoms with E-state index in [9.17, 15) is 0 Å². The van der Waals surface area contributed by atoms with E-state index in [1.807, 2.05) is 6.07 Å². The largest absolute Gasteiger partial charge is 0.330 e. The number of benzene rings is 1. The Labute approximate surface area is 101 Å². The lowest BCUT2D eigenvalue weighted by Crippen LogP contribution is -2.28. The van der Waals surface area contributed by atoms with Crippen LogP contribution in [0.1, 0.15) is 25.3 Å². The fraction of sp³-hybridized carbons (Fsp3) is 0.462. The van der Waals surface area contributed by atoms with Crippen LogP contribution in [0, 0.1) is 5.41 Å². The first-order valence-corrected chi connectivity index (χ1v) is 6.53. The smallest absolute Gasteiger partial charge is 0.0944 e. The Bertz CT molecular complexity index is 438. The molecule has 1 atom stereocenters. The summed E-state index contributed by atoms with van der Waals surface area (Å²) in [6.07, 6.45) is 2.08. The van der Waals surface area contributed by atoms with Crippen molar-refractivity contribution >= 4 is 21.6 Å². The van der Waals surface area contributed by atoms with E-state index in [2.05, 4.69) is 37.0 Å². The summed E-state index contributed by atoms with van der Waals surface area (Å²) in [6.45, 7) is 5.15. The van der Waals surface area contributed by atoms with Gasteiger partial charge in [0.1, 0.15) is 0 Å². The minimum Gasteiger partial charge on any atom is -0.330 e. The average molecular weight is 234 g/mol. The molecule has 2 N–H and O–H groups in total. The predicted molar refractivity (Wildman–Crippen MR) is 70.8 cm³/mol. The Hall–Kier alpha value is -0.930. The van der Waals surface area contributed by atoms with Gasteiger partial charge in [0.15, 0.2) is 0 Å². The van der Waals surface area contributed by atoms with Crippen LogP contribution in [0.25, 0.3) is 10.2 Å². The Balaban J connectivity index is 2.27. The van der Waals surface area contributed by atoms with Gasteiger partial charge in [0.2, 0.25) is 0 Å². The lowest BCUT2D eigenvalue weighted by atomic mass is 9.84. The summed E-state index contributed by atoms with van der Waals surface area (Å²) in [5, 5.41) is 1.20. The number of hydrogen-bond acceptors (Lipinski definition) is 3. The predicted octanol–water partition coefficient (Wildman–Crippen LogP) is 3.21. The molecular weight excluding hydrogens is 216 g/mol. The van der Waals surface area contributed by atoms with Crippen LogP contribution >= 0.6 is 11.3 Å². The van der Waals surface area contributed by atoms with Gasteiger partial charge < -0.3 is 5.73 Å². The quantitative estimate of drug-likeness (QED) is 0.882. The summed E-state index contributed by atoms with van der Waals surface area (Å²) in [7, 11) is 0. The van der Waals surface area contributed by atoms with Crippen molar-refractivity contribution in [2.75, 3.05) is 6.54 Å². The van der Waals surface area contributed by atoms with Crippen molar-refractivity contribution in [1.29, 1.82) is 0 Å². The molecule has 2 aromatic rings. The second-order valence-corrected chi connectivity index (χ2v) is 5.74. The molecule has 1 heterocycles. The van der Waals surface area contributed by atoms with Crippen LogP contribution in [-0.4, -0.2) is 11.5 Å². The molecule has 0 amide bonds.